The third kappa shape index (κ3) is 4.55. The van der Waals surface area contributed by atoms with Crippen LogP contribution < -0.4 is 11.1 Å². The molecule has 0 spiro atoms. The minimum absolute atomic E-state index is 0. The largest absolute Gasteiger partial charge is 0.370 e. The predicted molar refractivity (Wildman–Crippen MR) is 88.9 cm³/mol. The third-order valence-electron chi connectivity index (χ3n) is 2.76. The van der Waals surface area contributed by atoms with Gasteiger partial charge in [0.15, 0.2) is 5.96 Å². The molecule has 4 N–H and O–H groups in total. The summed E-state index contributed by atoms with van der Waals surface area (Å²) in [6.45, 7) is 4.64. The number of halogens is 1. The lowest BCUT2D eigenvalue weighted by molar-refractivity contribution is 0.944. The fourth-order valence-corrected chi connectivity index (χ4v) is 1.55. The normalized spacial score (nSPS) is 10.9. The van der Waals surface area contributed by atoms with E-state index in [1.165, 1.54) is 11.1 Å². The van der Waals surface area contributed by atoms with Crippen LogP contribution in [-0.4, -0.2) is 16.2 Å². The van der Waals surface area contributed by atoms with Gasteiger partial charge < -0.3 is 11.1 Å². The highest BCUT2D eigenvalue weighted by atomic mass is 127. The Morgan fingerprint density at radius 2 is 2.11 bits per heavy atom. The zero-order valence-electron chi connectivity index (χ0n) is 11.0. The molecule has 6 heteroatoms. The number of aromatic nitrogens is 2. The number of benzene rings is 1. The fourth-order valence-electron chi connectivity index (χ4n) is 1.55. The van der Waals surface area contributed by atoms with Gasteiger partial charge >= 0.3 is 0 Å². The summed E-state index contributed by atoms with van der Waals surface area (Å²) >= 11 is 0. The first-order valence-electron chi connectivity index (χ1n) is 5.77. The molecule has 1 aromatic heterocycles. The predicted octanol–water partition coefficient (Wildman–Crippen LogP) is 2.57. The lowest BCUT2D eigenvalue weighted by Gasteiger charge is -2.07. The van der Waals surface area contributed by atoms with E-state index in [1.807, 2.05) is 18.2 Å². The Bertz CT molecular complexity index is 548. The minimum Gasteiger partial charge on any atom is -0.370 e. The van der Waals surface area contributed by atoms with Crippen molar-refractivity contribution in [1.82, 2.24) is 10.2 Å². The molecule has 0 amide bonds. The van der Waals surface area contributed by atoms with E-state index in [0.29, 0.717) is 12.5 Å². The Kier molecular flexibility index (Phi) is 5.81. The highest BCUT2D eigenvalue weighted by Crippen LogP contribution is 2.13. The van der Waals surface area contributed by atoms with Crippen molar-refractivity contribution in [3.8, 4) is 0 Å². The van der Waals surface area contributed by atoms with Crippen molar-refractivity contribution in [2.45, 2.75) is 20.4 Å². The highest BCUT2D eigenvalue weighted by Gasteiger charge is 1.98. The summed E-state index contributed by atoms with van der Waals surface area (Å²) in [7, 11) is 0. The topological polar surface area (TPSA) is 79.1 Å². The van der Waals surface area contributed by atoms with Gasteiger partial charge in [-0.1, -0.05) is 6.07 Å². The van der Waals surface area contributed by atoms with Gasteiger partial charge in [0.05, 0.1) is 12.2 Å². The van der Waals surface area contributed by atoms with E-state index in [-0.39, 0.29) is 24.0 Å². The number of aromatic amines is 1. The van der Waals surface area contributed by atoms with Gasteiger partial charge in [0.1, 0.15) is 0 Å². The van der Waals surface area contributed by atoms with Crippen LogP contribution in [0.2, 0.25) is 0 Å². The van der Waals surface area contributed by atoms with Gasteiger partial charge in [-0.25, -0.2) is 4.99 Å². The van der Waals surface area contributed by atoms with Gasteiger partial charge in [-0.2, -0.15) is 5.10 Å². The van der Waals surface area contributed by atoms with E-state index < -0.39 is 0 Å². The molecule has 5 nitrogen and oxygen atoms in total. The number of nitrogens with two attached hydrogens (primary N) is 1. The molecule has 0 unspecified atom stereocenters. The Hall–Kier alpha value is -1.57. The van der Waals surface area contributed by atoms with E-state index in [1.54, 1.807) is 6.20 Å². The molecule has 102 valence electrons. The van der Waals surface area contributed by atoms with Gasteiger partial charge in [0.2, 0.25) is 0 Å². The van der Waals surface area contributed by atoms with Crippen LogP contribution in [0.25, 0.3) is 0 Å². The van der Waals surface area contributed by atoms with Crippen molar-refractivity contribution in [3.63, 3.8) is 0 Å². The molecule has 2 rings (SSSR count). The zero-order valence-corrected chi connectivity index (χ0v) is 13.3. The molecule has 0 fully saturated rings. The maximum absolute atomic E-state index is 5.82. The molecule has 0 atom stereocenters. The molecule has 0 saturated heterocycles. The summed E-state index contributed by atoms with van der Waals surface area (Å²) in [5.41, 5.74) is 10.2. The van der Waals surface area contributed by atoms with Crippen molar-refractivity contribution in [1.29, 1.82) is 0 Å². The first-order valence-corrected chi connectivity index (χ1v) is 5.77. The van der Waals surface area contributed by atoms with E-state index >= 15 is 0 Å². The van der Waals surface area contributed by atoms with Crippen molar-refractivity contribution in [3.05, 3.63) is 47.3 Å². The number of guanidine groups is 1. The maximum atomic E-state index is 5.82. The molecule has 0 saturated carbocycles. The van der Waals surface area contributed by atoms with Crippen molar-refractivity contribution in [2.24, 2.45) is 10.7 Å². The van der Waals surface area contributed by atoms with Crippen LogP contribution in [0.1, 0.15) is 16.8 Å². The van der Waals surface area contributed by atoms with Gasteiger partial charge in [0.25, 0.3) is 0 Å². The molecule has 1 aromatic carbocycles. The second-order valence-electron chi connectivity index (χ2n) is 4.21. The average molecular weight is 371 g/mol. The molecular weight excluding hydrogens is 353 g/mol. The van der Waals surface area contributed by atoms with E-state index in [9.17, 15) is 0 Å². The summed E-state index contributed by atoms with van der Waals surface area (Å²) in [5.74, 6) is 0.396. The summed E-state index contributed by atoms with van der Waals surface area (Å²) in [6.07, 6.45) is 1.69. The Balaban J connectivity index is 0.00000180. The number of aryl methyl sites for hydroxylation is 2. The number of hydrogen-bond donors (Lipinski definition) is 3. The van der Waals surface area contributed by atoms with Gasteiger partial charge in [-0.15, -0.1) is 24.0 Å². The molecule has 19 heavy (non-hydrogen) atoms. The van der Waals surface area contributed by atoms with Crippen LogP contribution in [0, 0.1) is 13.8 Å². The van der Waals surface area contributed by atoms with E-state index in [2.05, 4.69) is 40.4 Å². The van der Waals surface area contributed by atoms with E-state index in [0.717, 1.165) is 11.4 Å². The second kappa shape index (κ2) is 7.13. The lowest BCUT2D eigenvalue weighted by atomic mass is 10.1. The van der Waals surface area contributed by atoms with Crippen LogP contribution in [0.3, 0.4) is 0 Å². The highest BCUT2D eigenvalue weighted by molar-refractivity contribution is 14.0. The number of anilines is 1. The average Bonchev–Trinajstić information content (AvgIpc) is 2.84. The van der Waals surface area contributed by atoms with Gasteiger partial charge in [-0.05, 0) is 43.2 Å². The molecule has 0 bridgehead atoms. The number of H-pyrrole nitrogens is 1. The molecule has 0 aliphatic rings. The van der Waals surface area contributed by atoms with Crippen LogP contribution in [-0.2, 0) is 6.54 Å². The third-order valence-corrected chi connectivity index (χ3v) is 2.76. The van der Waals surface area contributed by atoms with Crippen LogP contribution in [0.5, 0.6) is 0 Å². The minimum atomic E-state index is 0. The van der Waals surface area contributed by atoms with Crippen LogP contribution >= 0.6 is 24.0 Å². The summed E-state index contributed by atoms with van der Waals surface area (Å²) < 4.78 is 0. The number of nitrogens with zero attached hydrogens (tertiary/aromatic N) is 2. The first kappa shape index (κ1) is 15.5. The molecule has 0 aliphatic carbocycles. The molecular formula is C13H18IN5. The first-order chi connectivity index (χ1) is 8.65. The van der Waals surface area contributed by atoms with Crippen molar-refractivity contribution >= 4 is 35.6 Å². The van der Waals surface area contributed by atoms with Crippen LogP contribution in [0.15, 0.2) is 35.5 Å². The Morgan fingerprint density at radius 3 is 2.74 bits per heavy atom. The van der Waals surface area contributed by atoms with Crippen molar-refractivity contribution in [2.75, 3.05) is 5.32 Å². The van der Waals surface area contributed by atoms with Gasteiger partial charge in [0, 0.05) is 11.9 Å². The summed E-state index contributed by atoms with van der Waals surface area (Å²) in [6, 6.07) is 7.96. The molecule has 0 radical (unpaired) electrons. The Labute approximate surface area is 129 Å². The Morgan fingerprint density at radius 1 is 1.32 bits per heavy atom. The van der Waals surface area contributed by atoms with E-state index in [4.69, 9.17) is 5.73 Å². The van der Waals surface area contributed by atoms with Crippen molar-refractivity contribution < 1.29 is 0 Å². The SMILES string of the molecule is Cc1ccc(NC(N)=NCc2ccn[nH]2)cc1C.I. The molecule has 1 heterocycles. The summed E-state index contributed by atoms with van der Waals surface area (Å²) in [4.78, 5) is 4.23. The zero-order chi connectivity index (χ0) is 13.0. The summed E-state index contributed by atoms with van der Waals surface area (Å²) in [5, 5.41) is 9.75. The molecule has 0 aliphatic heterocycles. The van der Waals surface area contributed by atoms with Gasteiger partial charge in [-0.3, -0.25) is 5.10 Å². The second-order valence-corrected chi connectivity index (χ2v) is 4.21. The standard InChI is InChI=1S/C13H17N5.HI/c1-9-3-4-11(7-10(9)2)17-13(14)15-8-12-5-6-16-18-12;/h3-7H,8H2,1-2H3,(H,16,18)(H3,14,15,17);1H. The fraction of sp³-hybridized carbons (Fsp3) is 0.231. The lowest BCUT2D eigenvalue weighted by Crippen LogP contribution is -2.22. The molecule has 2 aromatic rings. The number of hydrogen-bond acceptors (Lipinski definition) is 2. The number of aliphatic imine (C=N–C) groups is 1. The maximum Gasteiger partial charge on any atom is 0.193 e. The number of rotatable bonds is 3. The smallest absolute Gasteiger partial charge is 0.193 e. The number of nitrogens with one attached hydrogen (secondary N) is 2. The monoisotopic (exact) mass is 371 g/mol. The van der Waals surface area contributed by atoms with Crippen LogP contribution in [0.4, 0.5) is 5.69 Å². The quantitative estimate of drug-likeness (QED) is 0.441.